The molecule has 1 heterocycles. The van der Waals surface area contributed by atoms with Crippen molar-refractivity contribution < 1.29 is 19.4 Å². The molecule has 96 valence electrons. The van der Waals surface area contributed by atoms with Crippen LogP contribution in [0.3, 0.4) is 0 Å². The molecule has 5 nitrogen and oxygen atoms in total. The van der Waals surface area contributed by atoms with E-state index in [1.165, 1.54) is 0 Å². The summed E-state index contributed by atoms with van der Waals surface area (Å²) < 4.78 is 4.87. The number of aryl methyl sites for hydroxylation is 1. The van der Waals surface area contributed by atoms with Crippen molar-refractivity contribution in [2.24, 2.45) is 5.41 Å². The van der Waals surface area contributed by atoms with Crippen LogP contribution in [-0.4, -0.2) is 30.2 Å². The second-order valence-electron chi connectivity index (χ2n) is 4.34. The van der Waals surface area contributed by atoms with Gasteiger partial charge in [-0.05, 0) is 18.1 Å². The second kappa shape index (κ2) is 4.78. The topological polar surface area (TPSA) is 75.6 Å². The number of para-hydroxylation sites is 1. The maximum Gasteiger partial charge on any atom is 0.324 e. The van der Waals surface area contributed by atoms with Gasteiger partial charge < -0.3 is 15.2 Å². The van der Waals surface area contributed by atoms with Gasteiger partial charge in [0.25, 0.3) is 0 Å². The van der Waals surface area contributed by atoms with Gasteiger partial charge >= 0.3 is 5.97 Å². The highest BCUT2D eigenvalue weighted by atomic mass is 16.5. The molecule has 1 aromatic carbocycles. The molecule has 1 aliphatic heterocycles. The van der Waals surface area contributed by atoms with Gasteiger partial charge in [-0.3, -0.25) is 9.59 Å². The molecule has 0 atom stereocenters. The molecule has 0 saturated carbocycles. The molecule has 1 aliphatic rings. The Morgan fingerprint density at radius 1 is 1.39 bits per heavy atom. The van der Waals surface area contributed by atoms with Crippen LogP contribution >= 0.6 is 0 Å². The number of carbonyl (C=O) groups excluding carboxylic acids is 1. The standard InChI is InChI=1S/C13H15NO4/c1-2-9-5-3-4-6-10(9)14-11(15)13(12(16)17)7-18-8-13/h3-6H,2,7-8H2,1H3,(H,14,15)(H,16,17). The number of hydrogen-bond acceptors (Lipinski definition) is 3. The van der Waals surface area contributed by atoms with Crippen LogP contribution in [0, 0.1) is 5.41 Å². The fourth-order valence-corrected chi connectivity index (χ4v) is 1.85. The largest absolute Gasteiger partial charge is 0.480 e. The predicted octanol–water partition coefficient (Wildman–Crippen LogP) is 1.29. The minimum Gasteiger partial charge on any atom is -0.480 e. The zero-order valence-electron chi connectivity index (χ0n) is 10.1. The first-order valence-electron chi connectivity index (χ1n) is 5.80. The van der Waals surface area contributed by atoms with Gasteiger partial charge in [0.05, 0.1) is 13.2 Å². The van der Waals surface area contributed by atoms with Crippen molar-refractivity contribution in [3.05, 3.63) is 29.8 Å². The minimum absolute atomic E-state index is 0.0670. The summed E-state index contributed by atoms with van der Waals surface area (Å²) >= 11 is 0. The average Bonchev–Trinajstić information content (AvgIpc) is 2.27. The van der Waals surface area contributed by atoms with E-state index < -0.39 is 17.3 Å². The fraction of sp³-hybridized carbons (Fsp3) is 0.385. The van der Waals surface area contributed by atoms with Gasteiger partial charge in [-0.15, -0.1) is 0 Å². The SMILES string of the molecule is CCc1ccccc1NC(=O)C1(C(=O)O)COC1. The molecule has 1 amide bonds. The number of anilines is 1. The second-order valence-corrected chi connectivity index (χ2v) is 4.34. The third-order valence-electron chi connectivity index (χ3n) is 3.19. The molecule has 0 unspecified atom stereocenters. The quantitative estimate of drug-likeness (QED) is 0.788. The van der Waals surface area contributed by atoms with Crippen LogP contribution in [0.2, 0.25) is 0 Å². The average molecular weight is 249 g/mol. The van der Waals surface area contributed by atoms with Crippen molar-refractivity contribution in [2.45, 2.75) is 13.3 Å². The van der Waals surface area contributed by atoms with Crippen LogP contribution in [0.25, 0.3) is 0 Å². The van der Waals surface area contributed by atoms with E-state index in [1.54, 1.807) is 12.1 Å². The molecule has 0 aliphatic carbocycles. The van der Waals surface area contributed by atoms with Crippen LogP contribution in [0.5, 0.6) is 0 Å². The van der Waals surface area contributed by atoms with Gasteiger partial charge in [-0.25, -0.2) is 0 Å². The first kappa shape index (κ1) is 12.6. The van der Waals surface area contributed by atoms with Crippen molar-refractivity contribution in [3.63, 3.8) is 0 Å². The normalized spacial score (nSPS) is 16.7. The van der Waals surface area contributed by atoms with E-state index in [-0.39, 0.29) is 13.2 Å². The van der Waals surface area contributed by atoms with Crippen molar-refractivity contribution in [1.82, 2.24) is 0 Å². The molecule has 2 rings (SSSR count). The van der Waals surface area contributed by atoms with E-state index >= 15 is 0 Å². The van der Waals surface area contributed by atoms with Crippen LogP contribution in [0.15, 0.2) is 24.3 Å². The number of rotatable bonds is 4. The summed E-state index contributed by atoms with van der Waals surface area (Å²) in [5.41, 5.74) is 0.213. The van der Waals surface area contributed by atoms with Crippen molar-refractivity contribution in [3.8, 4) is 0 Å². The van der Waals surface area contributed by atoms with Gasteiger partial charge in [0.2, 0.25) is 5.91 Å². The lowest BCUT2D eigenvalue weighted by Crippen LogP contribution is -2.57. The molecule has 0 bridgehead atoms. The molecule has 1 fully saturated rings. The van der Waals surface area contributed by atoms with Gasteiger partial charge in [-0.1, -0.05) is 25.1 Å². The number of carboxylic acids is 1. The van der Waals surface area contributed by atoms with Crippen molar-refractivity contribution in [1.29, 1.82) is 0 Å². The highest BCUT2D eigenvalue weighted by Gasteiger charge is 2.53. The molecule has 2 N–H and O–H groups in total. The maximum atomic E-state index is 12.1. The summed E-state index contributed by atoms with van der Waals surface area (Å²) in [7, 11) is 0. The van der Waals surface area contributed by atoms with Gasteiger partial charge in [0, 0.05) is 5.69 Å². The molecular weight excluding hydrogens is 234 g/mol. The number of aliphatic carboxylic acids is 1. The van der Waals surface area contributed by atoms with E-state index in [0.717, 1.165) is 12.0 Å². The van der Waals surface area contributed by atoms with Crippen molar-refractivity contribution >= 4 is 17.6 Å². The third-order valence-corrected chi connectivity index (χ3v) is 3.19. The molecular formula is C13H15NO4. The zero-order valence-corrected chi connectivity index (χ0v) is 10.1. The number of carboxylic acid groups (broad SMARTS) is 1. The van der Waals surface area contributed by atoms with E-state index in [0.29, 0.717) is 5.69 Å². The Kier molecular flexibility index (Phi) is 3.34. The summed E-state index contributed by atoms with van der Waals surface area (Å²) in [6, 6.07) is 7.36. The van der Waals surface area contributed by atoms with E-state index in [4.69, 9.17) is 9.84 Å². The monoisotopic (exact) mass is 249 g/mol. The van der Waals surface area contributed by atoms with Crippen LogP contribution in [0.4, 0.5) is 5.69 Å². The first-order valence-corrected chi connectivity index (χ1v) is 5.80. The van der Waals surface area contributed by atoms with Gasteiger partial charge in [0.15, 0.2) is 5.41 Å². The minimum atomic E-state index is -1.43. The number of nitrogens with one attached hydrogen (secondary N) is 1. The molecule has 1 aromatic rings. The maximum absolute atomic E-state index is 12.1. The Morgan fingerprint density at radius 3 is 2.56 bits per heavy atom. The molecule has 1 saturated heterocycles. The number of hydrogen-bond donors (Lipinski definition) is 2. The lowest BCUT2D eigenvalue weighted by atomic mass is 9.85. The molecule has 18 heavy (non-hydrogen) atoms. The Hall–Kier alpha value is -1.88. The van der Waals surface area contributed by atoms with Gasteiger partial charge in [-0.2, -0.15) is 0 Å². The summed E-state index contributed by atoms with van der Waals surface area (Å²) in [5, 5.41) is 11.8. The summed E-state index contributed by atoms with van der Waals surface area (Å²) in [6.45, 7) is 1.84. The third kappa shape index (κ3) is 1.97. The molecule has 0 radical (unpaired) electrons. The summed E-state index contributed by atoms with van der Waals surface area (Å²) in [4.78, 5) is 23.2. The Balaban J connectivity index is 2.19. The van der Waals surface area contributed by atoms with Gasteiger partial charge in [0.1, 0.15) is 0 Å². The zero-order chi connectivity index (χ0) is 13.2. The lowest BCUT2D eigenvalue weighted by molar-refractivity contribution is -0.182. The van der Waals surface area contributed by atoms with Crippen molar-refractivity contribution in [2.75, 3.05) is 18.5 Å². The molecule has 0 aromatic heterocycles. The number of carbonyl (C=O) groups is 2. The van der Waals surface area contributed by atoms with E-state index in [1.807, 2.05) is 19.1 Å². The van der Waals surface area contributed by atoms with Crippen LogP contribution in [-0.2, 0) is 20.7 Å². The smallest absolute Gasteiger partial charge is 0.324 e. The predicted molar refractivity (Wildman–Crippen MR) is 65.3 cm³/mol. The van der Waals surface area contributed by atoms with Crippen LogP contribution in [0.1, 0.15) is 12.5 Å². The Bertz CT molecular complexity index is 480. The lowest BCUT2D eigenvalue weighted by Gasteiger charge is -2.35. The summed E-state index contributed by atoms with van der Waals surface area (Å²) in [6.07, 6.45) is 0.771. The van der Waals surface area contributed by atoms with E-state index in [2.05, 4.69) is 5.32 Å². The number of benzene rings is 1. The summed E-state index contributed by atoms with van der Waals surface area (Å²) in [5.74, 6) is -1.65. The number of amides is 1. The highest BCUT2D eigenvalue weighted by Crippen LogP contribution is 2.30. The Labute approximate surface area is 105 Å². The first-order chi connectivity index (χ1) is 8.60. The van der Waals surface area contributed by atoms with E-state index in [9.17, 15) is 9.59 Å². The fourth-order valence-electron chi connectivity index (χ4n) is 1.85. The number of ether oxygens (including phenoxy) is 1. The molecule has 0 spiro atoms. The molecule has 5 heteroatoms. The highest BCUT2D eigenvalue weighted by molar-refractivity contribution is 6.09. The van der Waals surface area contributed by atoms with Crippen LogP contribution < -0.4 is 5.32 Å². The Morgan fingerprint density at radius 2 is 2.06 bits per heavy atom.